The van der Waals surface area contributed by atoms with Gasteiger partial charge in [0.1, 0.15) is 0 Å². The lowest BCUT2D eigenvalue weighted by atomic mass is 10.2. The Morgan fingerprint density at radius 3 is 2.60 bits per heavy atom. The van der Waals surface area contributed by atoms with Crippen LogP contribution >= 0.6 is 0 Å². The van der Waals surface area contributed by atoms with Gasteiger partial charge in [0, 0.05) is 19.3 Å². The van der Waals surface area contributed by atoms with Gasteiger partial charge < -0.3 is 9.64 Å². The number of morpholine rings is 1. The number of nitrogens with zero attached hydrogens (tertiary/aromatic N) is 3. The van der Waals surface area contributed by atoms with Gasteiger partial charge >= 0.3 is 0 Å². The van der Waals surface area contributed by atoms with Gasteiger partial charge in [0.25, 0.3) is 5.91 Å². The lowest BCUT2D eigenvalue weighted by Gasteiger charge is -2.25. The van der Waals surface area contributed by atoms with Crippen LogP contribution in [0.4, 0.5) is 5.69 Å². The van der Waals surface area contributed by atoms with Crippen molar-refractivity contribution in [2.45, 2.75) is 6.92 Å². The van der Waals surface area contributed by atoms with Crippen LogP contribution in [0.1, 0.15) is 6.92 Å². The minimum Gasteiger partial charge on any atom is -0.378 e. The summed E-state index contributed by atoms with van der Waals surface area (Å²) in [5.74, 6) is -0.0693. The van der Waals surface area contributed by atoms with Crippen molar-refractivity contribution in [3.8, 4) is 0 Å². The number of benzene rings is 1. The van der Waals surface area contributed by atoms with Crippen LogP contribution in [0.5, 0.6) is 0 Å². The van der Waals surface area contributed by atoms with Gasteiger partial charge in [-0.2, -0.15) is 10.1 Å². The molecule has 0 atom stereocenters. The van der Waals surface area contributed by atoms with Crippen molar-refractivity contribution in [3.63, 3.8) is 0 Å². The summed E-state index contributed by atoms with van der Waals surface area (Å²) < 4.78 is 5.31. The third kappa shape index (κ3) is 2.44. The lowest BCUT2D eigenvalue weighted by molar-refractivity contribution is -0.114. The first-order valence-electron chi connectivity index (χ1n) is 6.74. The number of rotatable bonds is 2. The molecule has 0 spiro atoms. The first-order chi connectivity index (χ1) is 9.75. The molecule has 0 aliphatic carbocycles. The van der Waals surface area contributed by atoms with Crippen molar-refractivity contribution in [3.05, 3.63) is 42.1 Å². The van der Waals surface area contributed by atoms with E-state index in [9.17, 15) is 4.79 Å². The topological polar surface area (TPSA) is 45.1 Å². The van der Waals surface area contributed by atoms with Crippen molar-refractivity contribution in [1.29, 1.82) is 0 Å². The van der Waals surface area contributed by atoms with E-state index in [0.717, 1.165) is 24.5 Å². The van der Waals surface area contributed by atoms with Gasteiger partial charge in [0.2, 0.25) is 0 Å². The number of hydrogen-bond acceptors (Lipinski definition) is 4. The lowest BCUT2D eigenvalue weighted by Crippen LogP contribution is -2.33. The molecule has 1 amide bonds. The predicted octanol–water partition coefficient (Wildman–Crippen LogP) is 1.63. The van der Waals surface area contributed by atoms with E-state index >= 15 is 0 Å². The number of hydrazone groups is 1. The maximum absolute atomic E-state index is 12.5. The summed E-state index contributed by atoms with van der Waals surface area (Å²) in [4.78, 5) is 14.6. The second-order valence-electron chi connectivity index (χ2n) is 4.83. The van der Waals surface area contributed by atoms with E-state index in [2.05, 4.69) is 10.0 Å². The van der Waals surface area contributed by atoms with Crippen LogP contribution in [0.25, 0.3) is 0 Å². The average Bonchev–Trinajstić information content (AvgIpc) is 2.77. The third-order valence-electron chi connectivity index (χ3n) is 3.42. The second-order valence-corrected chi connectivity index (χ2v) is 4.83. The zero-order chi connectivity index (χ0) is 13.9. The van der Waals surface area contributed by atoms with Gasteiger partial charge in [-0.1, -0.05) is 18.2 Å². The standard InChI is InChI=1S/C15H17N3O2/c1-12-14(11-17-7-9-20-10-8-17)15(19)18(16-12)13-5-3-2-4-6-13/h2-6,11H,7-10H2,1H3/b14-11-. The van der Waals surface area contributed by atoms with Gasteiger partial charge in [-0.25, -0.2) is 0 Å². The van der Waals surface area contributed by atoms with Crippen LogP contribution in [0.15, 0.2) is 47.2 Å². The molecular formula is C15H17N3O2. The maximum Gasteiger partial charge on any atom is 0.282 e. The second kappa shape index (κ2) is 5.46. The van der Waals surface area contributed by atoms with Crippen LogP contribution in [0, 0.1) is 0 Å². The van der Waals surface area contributed by atoms with E-state index in [1.54, 1.807) is 0 Å². The normalized spacial score (nSPS) is 21.6. The minimum absolute atomic E-state index is 0.0693. The molecule has 0 N–H and O–H groups in total. The van der Waals surface area contributed by atoms with E-state index in [1.165, 1.54) is 5.01 Å². The fourth-order valence-electron chi connectivity index (χ4n) is 2.30. The van der Waals surface area contributed by atoms with E-state index in [1.807, 2.05) is 43.5 Å². The number of ether oxygens (including phenoxy) is 1. The zero-order valence-corrected chi connectivity index (χ0v) is 11.5. The summed E-state index contributed by atoms with van der Waals surface area (Å²) in [5.41, 5.74) is 2.21. The molecule has 0 unspecified atom stereocenters. The molecule has 1 saturated heterocycles. The first-order valence-corrected chi connectivity index (χ1v) is 6.74. The Bertz CT molecular complexity index is 560. The maximum atomic E-state index is 12.5. The Morgan fingerprint density at radius 1 is 1.20 bits per heavy atom. The molecule has 0 bridgehead atoms. The molecule has 0 saturated carbocycles. The number of anilines is 1. The van der Waals surface area contributed by atoms with Gasteiger partial charge in [0.05, 0.1) is 30.2 Å². The highest BCUT2D eigenvalue weighted by atomic mass is 16.5. The van der Waals surface area contributed by atoms with Crippen LogP contribution in [0.2, 0.25) is 0 Å². The van der Waals surface area contributed by atoms with Gasteiger partial charge in [0.15, 0.2) is 0 Å². The number of carbonyl (C=O) groups is 1. The van der Waals surface area contributed by atoms with E-state index in [4.69, 9.17) is 4.74 Å². The molecule has 2 aliphatic rings. The van der Waals surface area contributed by atoms with Gasteiger partial charge in [-0.3, -0.25) is 4.79 Å². The largest absolute Gasteiger partial charge is 0.378 e. The quantitative estimate of drug-likeness (QED) is 0.768. The number of amides is 1. The third-order valence-corrected chi connectivity index (χ3v) is 3.42. The highest BCUT2D eigenvalue weighted by Gasteiger charge is 2.29. The Kier molecular flexibility index (Phi) is 3.52. The summed E-state index contributed by atoms with van der Waals surface area (Å²) in [7, 11) is 0. The van der Waals surface area contributed by atoms with Crippen LogP contribution < -0.4 is 5.01 Å². The van der Waals surface area contributed by atoms with Gasteiger partial charge in [-0.15, -0.1) is 0 Å². The number of carbonyl (C=O) groups excluding carboxylic acids is 1. The van der Waals surface area contributed by atoms with E-state index in [-0.39, 0.29) is 5.91 Å². The van der Waals surface area contributed by atoms with Crippen LogP contribution in [0.3, 0.4) is 0 Å². The Morgan fingerprint density at radius 2 is 1.90 bits per heavy atom. The zero-order valence-electron chi connectivity index (χ0n) is 11.5. The minimum atomic E-state index is -0.0693. The summed E-state index contributed by atoms with van der Waals surface area (Å²) in [5, 5.41) is 5.82. The van der Waals surface area contributed by atoms with Crippen molar-refractivity contribution in [2.75, 3.05) is 31.3 Å². The molecule has 1 aromatic carbocycles. The predicted molar refractivity (Wildman–Crippen MR) is 77.5 cm³/mol. The Labute approximate surface area is 118 Å². The Hall–Kier alpha value is -2.14. The molecule has 20 heavy (non-hydrogen) atoms. The Balaban J connectivity index is 1.83. The molecule has 0 aromatic heterocycles. The van der Waals surface area contributed by atoms with Crippen molar-refractivity contribution < 1.29 is 9.53 Å². The molecule has 2 heterocycles. The number of para-hydroxylation sites is 1. The molecule has 0 radical (unpaired) electrons. The summed E-state index contributed by atoms with van der Waals surface area (Å²) in [6.45, 7) is 4.91. The smallest absolute Gasteiger partial charge is 0.282 e. The summed E-state index contributed by atoms with van der Waals surface area (Å²) >= 11 is 0. The van der Waals surface area contributed by atoms with Crippen molar-refractivity contribution in [2.24, 2.45) is 5.10 Å². The van der Waals surface area contributed by atoms with Crippen LogP contribution in [-0.2, 0) is 9.53 Å². The van der Waals surface area contributed by atoms with Gasteiger partial charge in [-0.05, 0) is 19.1 Å². The molecule has 104 valence electrons. The average molecular weight is 271 g/mol. The number of hydrogen-bond donors (Lipinski definition) is 0. The highest BCUT2D eigenvalue weighted by molar-refractivity contribution is 6.29. The monoisotopic (exact) mass is 271 g/mol. The molecular weight excluding hydrogens is 254 g/mol. The van der Waals surface area contributed by atoms with E-state index in [0.29, 0.717) is 18.8 Å². The van der Waals surface area contributed by atoms with Crippen molar-refractivity contribution >= 4 is 17.3 Å². The molecule has 3 rings (SSSR count). The fraction of sp³-hybridized carbons (Fsp3) is 0.333. The molecule has 5 heteroatoms. The molecule has 1 fully saturated rings. The fourth-order valence-corrected chi connectivity index (χ4v) is 2.30. The SMILES string of the molecule is CC1=NN(c2ccccc2)C(=O)/C1=C\N1CCOCC1. The van der Waals surface area contributed by atoms with E-state index < -0.39 is 0 Å². The summed E-state index contributed by atoms with van der Waals surface area (Å²) in [6, 6.07) is 9.48. The first kappa shape index (κ1) is 12.9. The highest BCUT2D eigenvalue weighted by Crippen LogP contribution is 2.23. The molecule has 5 nitrogen and oxygen atoms in total. The molecule has 2 aliphatic heterocycles. The molecule has 1 aromatic rings. The van der Waals surface area contributed by atoms with Crippen LogP contribution in [-0.4, -0.2) is 42.8 Å². The summed E-state index contributed by atoms with van der Waals surface area (Å²) in [6.07, 6.45) is 1.91. The van der Waals surface area contributed by atoms with Crippen molar-refractivity contribution in [1.82, 2.24) is 4.90 Å².